The van der Waals surface area contributed by atoms with Crippen LogP contribution in [0.2, 0.25) is 5.02 Å². The third kappa shape index (κ3) is 4.71. The van der Waals surface area contributed by atoms with Crippen LogP contribution in [0.3, 0.4) is 0 Å². The molecule has 0 aliphatic carbocycles. The van der Waals surface area contributed by atoms with E-state index >= 15 is 0 Å². The number of ether oxygens (including phenoxy) is 1. The summed E-state index contributed by atoms with van der Waals surface area (Å²) in [6.07, 6.45) is 5.07. The molecule has 0 bridgehead atoms. The Kier molecular flexibility index (Phi) is 6.06. The molecular formula is C16H24ClN3O. The molecule has 0 amide bonds. The standard InChI is InChI=1S/C16H24ClN3O/c1-18(2)9-6-12-21-16(20-11-5-10-19(20)3)14-7-4-8-15(17)13-14/h4-5,7-8,11,13,16H,6,9-10,12H2,1-3H3. The van der Waals surface area contributed by atoms with Gasteiger partial charge in [0.05, 0.1) is 6.61 Å². The monoisotopic (exact) mass is 309 g/mol. The van der Waals surface area contributed by atoms with Gasteiger partial charge >= 0.3 is 0 Å². The number of halogens is 1. The van der Waals surface area contributed by atoms with E-state index in [0.717, 1.165) is 30.1 Å². The summed E-state index contributed by atoms with van der Waals surface area (Å²) < 4.78 is 6.14. The summed E-state index contributed by atoms with van der Waals surface area (Å²) in [5.41, 5.74) is 1.07. The Morgan fingerprint density at radius 1 is 1.38 bits per heavy atom. The van der Waals surface area contributed by atoms with Crippen molar-refractivity contribution in [3.8, 4) is 0 Å². The lowest BCUT2D eigenvalue weighted by molar-refractivity contribution is -0.119. The normalized spacial score (nSPS) is 16.9. The van der Waals surface area contributed by atoms with Crippen LogP contribution < -0.4 is 0 Å². The van der Waals surface area contributed by atoms with E-state index in [1.165, 1.54) is 0 Å². The van der Waals surface area contributed by atoms with E-state index in [9.17, 15) is 0 Å². The quantitative estimate of drug-likeness (QED) is 0.721. The van der Waals surface area contributed by atoms with E-state index in [0.29, 0.717) is 6.61 Å². The van der Waals surface area contributed by atoms with Crippen LogP contribution in [0.25, 0.3) is 0 Å². The molecular weight excluding hydrogens is 286 g/mol. The SMILES string of the molecule is CN(C)CCCOC(c1cccc(Cl)c1)N1C=CCN1C. The number of nitrogens with zero attached hydrogens (tertiary/aromatic N) is 3. The first-order valence-corrected chi connectivity index (χ1v) is 7.63. The first-order valence-electron chi connectivity index (χ1n) is 7.26. The summed E-state index contributed by atoms with van der Waals surface area (Å²) in [4.78, 5) is 2.17. The summed E-state index contributed by atoms with van der Waals surface area (Å²) in [5, 5.41) is 4.99. The Morgan fingerprint density at radius 2 is 2.19 bits per heavy atom. The van der Waals surface area contributed by atoms with Gasteiger partial charge in [-0.15, -0.1) is 0 Å². The van der Waals surface area contributed by atoms with Gasteiger partial charge in [0.2, 0.25) is 0 Å². The maximum atomic E-state index is 6.14. The van der Waals surface area contributed by atoms with Crippen molar-refractivity contribution in [2.24, 2.45) is 0 Å². The lowest BCUT2D eigenvalue weighted by Crippen LogP contribution is -2.36. The highest BCUT2D eigenvalue weighted by molar-refractivity contribution is 6.30. The molecule has 21 heavy (non-hydrogen) atoms. The molecule has 1 aromatic carbocycles. The Morgan fingerprint density at radius 3 is 2.81 bits per heavy atom. The second-order valence-electron chi connectivity index (χ2n) is 5.54. The van der Waals surface area contributed by atoms with Gasteiger partial charge in [-0.05, 0) is 39.2 Å². The highest BCUT2D eigenvalue weighted by Crippen LogP contribution is 2.28. The van der Waals surface area contributed by atoms with Gasteiger partial charge in [0.25, 0.3) is 0 Å². The molecule has 5 heteroatoms. The molecule has 4 nitrogen and oxygen atoms in total. The number of likely N-dealkylation sites (N-methyl/N-ethyl adjacent to an activating group) is 1. The predicted octanol–water partition coefficient (Wildman–Crippen LogP) is 2.98. The first-order chi connectivity index (χ1) is 10.1. The molecule has 0 saturated carbocycles. The molecule has 0 radical (unpaired) electrons. The molecule has 0 aromatic heterocycles. The fourth-order valence-electron chi connectivity index (χ4n) is 2.33. The topological polar surface area (TPSA) is 19.0 Å². The molecule has 1 aliphatic heterocycles. The average molecular weight is 310 g/mol. The number of rotatable bonds is 7. The van der Waals surface area contributed by atoms with Crippen molar-refractivity contribution < 1.29 is 4.74 Å². The van der Waals surface area contributed by atoms with Crippen molar-refractivity contribution in [3.05, 3.63) is 47.1 Å². The minimum atomic E-state index is -0.130. The average Bonchev–Trinajstić information content (AvgIpc) is 2.84. The smallest absolute Gasteiger partial charge is 0.169 e. The van der Waals surface area contributed by atoms with Gasteiger partial charge in [0.1, 0.15) is 0 Å². The van der Waals surface area contributed by atoms with Crippen LogP contribution in [-0.4, -0.2) is 55.8 Å². The molecule has 1 aliphatic rings. The molecule has 116 valence electrons. The van der Waals surface area contributed by atoms with Crippen LogP contribution in [0.4, 0.5) is 0 Å². The van der Waals surface area contributed by atoms with Gasteiger partial charge in [-0.1, -0.05) is 29.8 Å². The van der Waals surface area contributed by atoms with Gasteiger partial charge in [-0.3, -0.25) is 5.01 Å². The predicted molar refractivity (Wildman–Crippen MR) is 86.9 cm³/mol. The number of hydrogen-bond donors (Lipinski definition) is 0. The fourth-order valence-corrected chi connectivity index (χ4v) is 2.53. The Bertz CT molecular complexity index is 478. The maximum absolute atomic E-state index is 6.14. The van der Waals surface area contributed by atoms with Crippen LogP contribution in [0.5, 0.6) is 0 Å². The highest BCUT2D eigenvalue weighted by atomic mass is 35.5. The Hall–Kier alpha value is -1.07. The van der Waals surface area contributed by atoms with Crippen LogP contribution in [0.15, 0.2) is 36.5 Å². The minimum Gasteiger partial charge on any atom is -0.353 e. The van der Waals surface area contributed by atoms with Crippen molar-refractivity contribution in [1.82, 2.24) is 14.9 Å². The summed E-state index contributed by atoms with van der Waals surface area (Å²) in [6.45, 7) is 2.64. The summed E-state index contributed by atoms with van der Waals surface area (Å²) in [6, 6.07) is 7.88. The third-order valence-electron chi connectivity index (χ3n) is 3.42. The van der Waals surface area contributed by atoms with E-state index in [4.69, 9.17) is 16.3 Å². The molecule has 1 unspecified atom stereocenters. The zero-order chi connectivity index (χ0) is 15.2. The molecule has 1 aromatic rings. The van der Waals surface area contributed by atoms with Crippen LogP contribution >= 0.6 is 11.6 Å². The van der Waals surface area contributed by atoms with E-state index in [2.05, 4.69) is 54.4 Å². The minimum absolute atomic E-state index is 0.130. The lowest BCUT2D eigenvalue weighted by atomic mass is 10.2. The molecule has 0 fully saturated rings. The third-order valence-corrected chi connectivity index (χ3v) is 3.66. The number of hydrogen-bond acceptors (Lipinski definition) is 4. The zero-order valence-corrected chi connectivity index (χ0v) is 13.8. The van der Waals surface area contributed by atoms with E-state index < -0.39 is 0 Å². The van der Waals surface area contributed by atoms with Gasteiger partial charge < -0.3 is 9.64 Å². The first kappa shape index (κ1) is 16.3. The summed E-state index contributed by atoms with van der Waals surface area (Å²) in [7, 11) is 6.21. The van der Waals surface area contributed by atoms with Crippen molar-refractivity contribution in [1.29, 1.82) is 0 Å². The van der Waals surface area contributed by atoms with Crippen LogP contribution in [0.1, 0.15) is 18.2 Å². The molecule has 1 atom stereocenters. The Balaban J connectivity index is 2.05. The van der Waals surface area contributed by atoms with E-state index in [1.807, 2.05) is 18.2 Å². The van der Waals surface area contributed by atoms with Gasteiger partial charge in [-0.2, -0.15) is 0 Å². The molecule has 1 heterocycles. The van der Waals surface area contributed by atoms with Crippen molar-refractivity contribution in [3.63, 3.8) is 0 Å². The summed E-state index contributed by atoms with van der Waals surface area (Å²) in [5.74, 6) is 0. The van der Waals surface area contributed by atoms with Gasteiger partial charge in [0, 0.05) is 30.4 Å². The molecule has 0 N–H and O–H groups in total. The summed E-state index contributed by atoms with van der Waals surface area (Å²) >= 11 is 6.12. The number of hydrazine groups is 1. The number of benzene rings is 1. The largest absolute Gasteiger partial charge is 0.353 e. The second-order valence-corrected chi connectivity index (χ2v) is 5.98. The van der Waals surface area contributed by atoms with Gasteiger partial charge in [-0.25, -0.2) is 5.01 Å². The maximum Gasteiger partial charge on any atom is 0.169 e. The lowest BCUT2D eigenvalue weighted by Gasteiger charge is -2.34. The molecule has 0 saturated heterocycles. The Labute approximate surface area is 132 Å². The second kappa shape index (κ2) is 7.80. The van der Waals surface area contributed by atoms with Crippen molar-refractivity contribution >= 4 is 11.6 Å². The van der Waals surface area contributed by atoms with Crippen LogP contribution in [0, 0.1) is 0 Å². The van der Waals surface area contributed by atoms with Gasteiger partial charge in [0.15, 0.2) is 6.23 Å². The molecule has 0 spiro atoms. The fraction of sp³-hybridized carbons (Fsp3) is 0.500. The highest BCUT2D eigenvalue weighted by Gasteiger charge is 2.24. The van der Waals surface area contributed by atoms with E-state index in [-0.39, 0.29) is 6.23 Å². The van der Waals surface area contributed by atoms with Crippen molar-refractivity contribution in [2.45, 2.75) is 12.6 Å². The van der Waals surface area contributed by atoms with Crippen LogP contribution in [-0.2, 0) is 4.74 Å². The molecule has 2 rings (SSSR count). The zero-order valence-electron chi connectivity index (χ0n) is 13.0. The van der Waals surface area contributed by atoms with Crippen molar-refractivity contribution in [2.75, 3.05) is 40.8 Å². The van der Waals surface area contributed by atoms with E-state index in [1.54, 1.807) is 0 Å².